The highest BCUT2D eigenvalue weighted by Crippen LogP contribution is 2.25. The summed E-state index contributed by atoms with van der Waals surface area (Å²) in [6, 6.07) is 8.34. The molecule has 17 heavy (non-hydrogen) atoms. The van der Waals surface area contributed by atoms with Gasteiger partial charge < -0.3 is 10.8 Å². The second-order valence-corrected chi connectivity index (χ2v) is 3.65. The van der Waals surface area contributed by atoms with Crippen LogP contribution in [0, 0.1) is 0 Å². The van der Waals surface area contributed by atoms with Crippen molar-refractivity contribution in [1.29, 1.82) is 0 Å². The molecule has 0 radical (unpaired) electrons. The molecule has 2 nitrogen and oxygen atoms in total. The van der Waals surface area contributed by atoms with Gasteiger partial charge in [0, 0.05) is 0 Å². The molecular weight excluding hydrogens is 248 g/mol. The topological polar surface area (TPSA) is 46.2 Å². The van der Waals surface area contributed by atoms with Gasteiger partial charge in [0.1, 0.15) is 5.75 Å². The number of rotatable bonds is 2. The smallest absolute Gasteiger partial charge is 0.257 e. The fraction of sp³-hybridized carbons (Fsp3) is 0.167. The Hall–Kier alpha value is -1.39. The van der Waals surface area contributed by atoms with Crippen LogP contribution in [0.3, 0.4) is 0 Å². The van der Waals surface area contributed by atoms with Crippen molar-refractivity contribution in [3.8, 4) is 5.75 Å². The molecule has 3 N–H and O–H groups in total. The molecule has 0 aliphatic rings. The van der Waals surface area contributed by atoms with Crippen LogP contribution in [0.2, 0.25) is 0 Å². The summed E-state index contributed by atoms with van der Waals surface area (Å²) >= 11 is 0. The van der Waals surface area contributed by atoms with Crippen molar-refractivity contribution in [3.05, 3.63) is 42.0 Å². The van der Waals surface area contributed by atoms with Gasteiger partial charge in [0.05, 0.1) is 6.04 Å². The standard InChI is InChI=1S/C12H11F2NO.ClH/c13-12(14)11(15)9-2-1-8-6-10(16)4-3-7(8)5-9;/h1-6,11-12,16H,15H2;1H/t11-;/m0./s1. The van der Waals surface area contributed by atoms with Crippen LogP contribution in [0.5, 0.6) is 5.75 Å². The number of fused-ring (bicyclic) bond motifs is 1. The van der Waals surface area contributed by atoms with Crippen LogP contribution >= 0.6 is 12.4 Å². The van der Waals surface area contributed by atoms with E-state index in [-0.39, 0.29) is 18.2 Å². The van der Waals surface area contributed by atoms with Crippen LogP contribution < -0.4 is 5.73 Å². The van der Waals surface area contributed by atoms with Gasteiger partial charge in [-0.1, -0.05) is 18.2 Å². The largest absolute Gasteiger partial charge is 0.508 e. The van der Waals surface area contributed by atoms with Gasteiger partial charge in [-0.3, -0.25) is 0 Å². The Morgan fingerprint density at radius 1 is 1.00 bits per heavy atom. The highest BCUT2D eigenvalue weighted by molar-refractivity contribution is 5.85. The molecule has 1 atom stereocenters. The number of alkyl halides is 2. The van der Waals surface area contributed by atoms with Crippen LogP contribution in [0.25, 0.3) is 10.8 Å². The van der Waals surface area contributed by atoms with Gasteiger partial charge in [0.2, 0.25) is 0 Å². The lowest BCUT2D eigenvalue weighted by Crippen LogP contribution is -2.18. The van der Waals surface area contributed by atoms with E-state index in [0.717, 1.165) is 10.8 Å². The third kappa shape index (κ3) is 2.84. The summed E-state index contributed by atoms with van der Waals surface area (Å²) in [6.45, 7) is 0. The van der Waals surface area contributed by atoms with Gasteiger partial charge in [-0.05, 0) is 34.5 Å². The van der Waals surface area contributed by atoms with E-state index in [2.05, 4.69) is 0 Å². The third-order valence-electron chi connectivity index (χ3n) is 2.50. The summed E-state index contributed by atoms with van der Waals surface area (Å²) in [7, 11) is 0. The summed E-state index contributed by atoms with van der Waals surface area (Å²) in [6.07, 6.45) is -2.57. The second kappa shape index (κ2) is 5.29. The summed E-state index contributed by atoms with van der Waals surface area (Å²) in [5, 5.41) is 10.8. The second-order valence-electron chi connectivity index (χ2n) is 3.65. The van der Waals surface area contributed by atoms with Gasteiger partial charge in [-0.15, -0.1) is 12.4 Å². The van der Waals surface area contributed by atoms with E-state index in [1.165, 1.54) is 6.07 Å². The van der Waals surface area contributed by atoms with Crippen molar-refractivity contribution in [1.82, 2.24) is 0 Å². The number of hydrogen-bond acceptors (Lipinski definition) is 2. The molecule has 92 valence electrons. The van der Waals surface area contributed by atoms with E-state index in [1.807, 2.05) is 0 Å². The molecule has 0 heterocycles. The first-order chi connectivity index (χ1) is 7.58. The van der Waals surface area contributed by atoms with Gasteiger partial charge in [0.15, 0.2) is 0 Å². The molecule has 0 amide bonds. The quantitative estimate of drug-likeness (QED) is 0.870. The van der Waals surface area contributed by atoms with Gasteiger partial charge in [-0.2, -0.15) is 0 Å². The zero-order valence-electron chi connectivity index (χ0n) is 8.81. The van der Waals surface area contributed by atoms with Crippen molar-refractivity contribution in [2.24, 2.45) is 5.73 Å². The Balaban J connectivity index is 0.00000144. The van der Waals surface area contributed by atoms with Crippen molar-refractivity contribution in [2.75, 3.05) is 0 Å². The Morgan fingerprint density at radius 2 is 1.59 bits per heavy atom. The molecule has 0 aromatic heterocycles. The molecule has 0 spiro atoms. The minimum atomic E-state index is -2.57. The molecule has 0 saturated carbocycles. The van der Waals surface area contributed by atoms with Crippen LogP contribution in [0.4, 0.5) is 8.78 Å². The SMILES string of the molecule is Cl.N[C@@H](c1ccc2cc(O)ccc2c1)C(F)F. The Morgan fingerprint density at radius 3 is 2.24 bits per heavy atom. The van der Waals surface area contributed by atoms with E-state index >= 15 is 0 Å². The Bertz CT molecular complexity index is 519. The summed E-state index contributed by atoms with van der Waals surface area (Å²) in [4.78, 5) is 0. The number of phenolic OH excluding ortho intramolecular Hbond substituents is 1. The van der Waals surface area contributed by atoms with Gasteiger partial charge in [0.25, 0.3) is 6.43 Å². The fourth-order valence-electron chi connectivity index (χ4n) is 1.60. The Labute approximate surface area is 103 Å². The molecule has 0 fully saturated rings. The molecule has 0 aliphatic carbocycles. The lowest BCUT2D eigenvalue weighted by atomic mass is 10.0. The first kappa shape index (κ1) is 13.7. The fourth-order valence-corrected chi connectivity index (χ4v) is 1.60. The Kier molecular flexibility index (Phi) is 4.26. The summed E-state index contributed by atoms with van der Waals surface area (Å²) in [5.74, 6) is 0.151. The van der Waals surface area contributed by atoms with Crippen molar-refractivity contribution < 1.29 is 13.9 Å². The van der Waals surface area contributed by atoms with E-state index < -0.39 is 12.5 Å². The number of halogens is 3. The molecule has 0 bridgehead atoms. The average Bonchev–Trinajstić information content (AvgIpc) is 2.27. The van der Waals surface area contributed by atoms with Crippen LogP contribution in [-0.4, -0.2) is 11.5 Å². The number of nitrogens with two attached hydrogens (primary N) is 1. The number of aromatic hydroxyl groups is 1. The third-order valence-corrected chi connectivity index (χ3v) is 2.50. The van der Waals surface area contributed by atoms with E-state index in [4.69, 9.17) is 5.73 Å². The predicted octanol–water partition coefficient (Wildman–Crippen LogP) is 3.23. The number of hydrogen-bond donors (Lipinski definition) is 2. The zero-order chi connectivity index (χ0) is 11.7. The molecule has 5 heteroatoms. The highest BCUT2D eigenvalue weighted by Gasteiger charge is 2.17. The maximum absolute atomic E-state index is 12.4. The van der Waals surface area contributed by atoms with Crippen molar-refractivity contribution in [2.45, 2.75) is 12.5 Å². The molecule has 2 rings (SSSR count). The maximum Gasteiger partial charge on any atom is 0.257 e. The van der Waals surface area contributed by atoms with E-state index in [1.54, 1.807) is 30.3 Å². The lowest BCUT2D eigenvalue weighted by Gasteiger charge is -2.11. The molecular formula is C12H12ClF2NO. The van der Waals surface area contributed by atoms with Gasteiger partial charge in [-0.25, -0.2) is 8.78 Å². The molecule has 2 aromatic rings. The van der Waals surface area contributed by atoms with E-state index in [9.17, 15) is 13.9 Å². The van der Waals surface area contributed by atoms with Crippen molar-refractivity contribution >= 4 is 23.2 Å². The zero-order valence-corrected chi connectivity index (χ0v) is 9.62. The van der Waals surface area contributed by atoms with Crippen molar-refractivity contribution in [3.63, 3.8) is 0 Å². The monoisotopic (exact) mass is 259 g/mol. The predicted molar refractivity (Wildman–Crippen MR) is 65.8 cm³/mol. The highest BCUT2D eigenvalue weighted by atomic mass is 35.5. The maximum atomic E-state index is 12.4. The lowest BCUT2D eigenvalue weighted by molar-refractivity contribution is 0.116. The van der Waals surface area contributed by atoms with Crippen LogP contribution in [-0.2, 0) is 0 Å². The molecule has 0 unspecified atom stereocenters. The average molecular weight is 260 g/mol. The number of benzene rings is 2. The molecule has 0 aliphatic heterocycles. The van der Waals surface area contributed by atoms with Crippen LogP contribution in [0.1, 0.15) is 11.6 Å². The normalized spacial score (nSPS) is 12.5. The minimum absolute atomic E-state index is 0. The first-order valence-electron chi connectivity index (χ1n) is 4.84. The molecule has 0 saturated heterocycles. The minimum Gasteiger partial charge on any atom is -0.508 e. The summed E-state index contributed by atoms with van der Waals surface area (Å²) in [5.41, 5.74) is 5.76. The first-order valence-corrected chi connectivity index (χ1v) is 4.84. The number of phenols is 1. The summed E-state index contributed by atoms with van der Waals surface area (Å²) < 4.78 is 24.8. The van der Waals surface area contributed by atoms with Gasteiger partial charge >= 0.3 is 0 Å². The van der Waals surface area contributed by atoms with Crippen LogP contribution in [0.15, 0.2) is 36.4 Å². The molecule has 2 aromatic carbocycles. The van der Waals surface area contributed by atoms with E-state index in [0.29, 0.717) is 5.56 Å².